The van der Waals surface area contributed by atoms with Gasteiger partial charge in [0.2, 0.25) is 0 Å². The van der Waals surface area contributed by atoms with E-state index in [0.29, 0.717) is 43.9 Å². The Morgan fingerprint density at radius 1 is 1.32 bits per heavy atom. The molecule has 0 saturated carbocycles. The first-order chi connectivity index (χ1) is 16.5. The number of hydrogen-bond acceptors (Lipinski definition) is 6. The van der Waals surface area contributed by atoms with E-state index in [0.717, 1.165) is 33.7 Å². The molecule has 0 unspecified atom stereocenters. The number of thiazole rings is 1. The van der Waals surface area contributed by atoms with E-state index < -0.39 is 6.10 Å². The van der Waals surface area contributed by atoms with E-state index in [-0.39, 0.29) is 5.91 Å². The van der Waals surface area contributed by atoms with Crippen LogP contribution in [0.3, 0.4) is 0 Å². The molecular weight excluding hydrogens is 470 g/mol. The maximum atomic E-state index is 13.7. The number of aromatic nitrogens is 3. The van der Waals surface area contributed by atoms with Crippen LogP contribution in [0.1, 0.15) is 25.1 Å². The van der Waals surface area contributed by atoms with E-state index in [1.807, 2.05) is 33.0 Å². The van der Waals surface area contributed by atoms with Crippen LogP contribution in [0.25, 0.3) is 15.9 Å². The second-order valence-corrected chi connectivity index (χ2v) is 10.3. The summed E-state index contributed by atoms with van der Waals surface area (Å²) in [5.41, 5.74) is 2.94. The molecule has 1 aromatic carbocycles. The van der Waals surface area contributed by atoms with E-state index in [2.05, 4.69) is 46.9 Å². The highest BCUT2D eigenvalue weighted by Crippen LogP contribution is 2.24. The predicted molar refractivity (Wildman–Crippen MR) is 135 cm³/mol. The number of morpholine rings is 1. The summed E-state index contributed by atoms with van der Waals surface area (Å²) in [6, 6.07) is 10.1. The number of benzene rings is 1. The van der Waals surface area contributed by atoms with Gasteiger partial charge in [-0.3, -0.25) is 19.1 Å². The number of amides is 1. The van der Waals surface area contributed by atoms with Gasteiger partial charge < -0.3 is 9.64 Å². The van der Waals surface area contributed by atoms with Gasteiger partial charge in [0, 0.05) is 55.9 Å². The van der Waals surface area contributed by atoms with Crippen molar-refractivity contribution in [3.63, 3.8) is 0 Å². The molecule has 7 nitrogen and oxygen atoms in total. The molecule has 4 heterocycles. The van der Waals surface area contributed by atoms with Crippen molar-refractivity contribution in [2.45, 2.75) is 33.0 Å². The third kappa shape index (κ3) is 4.81. The molecule has 1 saturated heterocycles. The number of carbonyl (C=O) groups is 1. The Hall–Kier alpha value is -2.52. The lowest BCUT2D eigenvalue weighted by molar-refractivity contribution is -0.151. The first-order valence-electron chi connectivity index (χ1n) is 11.5. The van der Waals surface area contributed by atoms with Crippen molar-refractivity contribution >= 4 is 44.7 Å². The highest BCUT2D eigenvalue weighted by molar-refractivity contribution is 7.15. The van der Waals surface area contributed by atoms with Crippen LogP contribution >= 0.6 is 22.9 Å². The van der Waals surface area contributed by atoms with Crippen LogP contribution in [0.4, 0.5) is 0 Å². The average molecular weight is 498 g/mol. The molecule has 0 bridgehead atoms. The monoisotopic (exact) mass is 497 g/mol. The molecule has 1 fully saturated rings. The number of imidazole rings is 1. The lowest BCUT2D eigenvalue weighted by Crippen LogP contribution is -2.51. The van der Waals surface area contributed by atoms with Gasteiger partial charge in [0.1, 0.15) is 6.10 Å². The molecule has 4 aromatic rings. The number of halogens is 1. The molecule has 1 amide bonds. The second-order valence-electron chi connectivity index (χ2n) is 9.10. The summed E-state index contributed by atoms with van der Waals surface area (Å²) in [6.45, 7) is 7.82. The van der Waals surface area contributed by atoms with Crippen molar-refractivity contribution < 1.29 is 9.53 Å². The zero-order chi connectivity index (χ0) is 23.7. The average Bonchev–Trinajstić information content (AvgIpc) is 3.40. The van der Waals surface area contributed by atoms with Crippen LogP contribution in [0.2, 0.25) is 5.15 Å². The molecule has 1 aliphatic rings. The van der Waals surface area contributed by atoms with Crippen LogP contribution in [0, 0.1) is 5.92 Å². The second kappa shape index (κ2) is 10.00. The van der Waals surface area contributed by atoms with Crippen molar-refractivity contribution in [2.75, 3.05) is 26.2 Å². The number of nitrogens with zero attached hydrogens (tertiary/aromatic N) is 5. The minimum absolute atomic E-state index is 0.0198. The van der Waals surface area contributed by atoms with Crippen LogP contribution in [0.5, 0.6) is 0 Å². The van der Waals surface area contributed by atoms with E-state index in [9.17, 15) is 4.79 Å². The molecule has 5 rings (SSSR count). The highest BCUT2D eigenvalue weighted by atomic mass is 35.5. The first-order valence-corrected chi connectivity index (χ1v) is 12.8. The third-order valence-electron chi connectivity index (χ3n) is 6.09. The largest absolute Gasteiger partial charge is 0.366 e. The van der Waals surface area contributed by atoms with Crippen molar-refractivity contribution in [3.8, 4) is 0 Å². The molecule has 0 spiro atoms. The lowest BCUT2D eigenvalue weighted by atomic mass is 10.1. The number of rotatable bonds is 7. The summed E-state index contributed by atoms with van der Waals surface area (Å²) in [5, 5.41) is 3.60. The zero-order valence-corrected chi connectivity index (χ0v) is 20.9. The standard InChI is InChI=1S/C25H28ClN5O2S/c1-17(2)13-30(14-19-6-3-5-18-7-4-8-27-22(18)19)24(32)21-16-29(9-11-33-21)15-20-23(26)28-25-31(20)10-12-34-25/h3-8,10,12,17,21H,9,11,13-16H2,1-2H3/t21-/m1/s1. The Morgan fingerprint density at radius 3 is 3.03 bits per heavy atom. The molecule has 1 atom stereocenters. The SMILES string of the molecule is CC(C)CN(Cc1cccc2cccnc12)C(=O)[C@H]1CN(Cc2c(Cl)nc3sccn23)CCO1. The van der Waals surface area contributed by atoms with Crippen LogP contribution in [-0.2, 0) is 22.6 Å². The smallest absolute Gasteiger partial charge is 0.253 e. The van der Waals surface area contributed by atoms with E-state index in [1.54, 1.807) is 17.5 Å². The number of carbonyl (C=O) groups excluding carboxylic acids is 1. The zero-order valence-electron chi connectivity index (χ0n) is 19.4. The maximum Gasteiger partial charge on any atom is 0.253 e. The van der Waals surface area contributed by atoms with E-state index in [1.165, 1.54) is 0 Å². The topological polar surface area (TPSA) is 63.0 Å². The van der Waals surface area contributed by atoms with Gasteiger partial charge in [-0.1, -0.05) is 49.7 Å². The Bertz CT molecular complexity index is 1300. The molecule has 0 radical (unpaired) electrons. The molecular formula is C25H28ClN5O2S. The fraction of sp³-hybridized carbons (Fsp3) is 0.400. The minimum Gasteiger partial charge on any atom is -0.366 e. The first kappa shape index (κ1) is 23.2. The lowest BCUT2D eigenvalue weighted by Gasteiger charge is -2.35. The van der Waals surface area contributed by atoms with E-state index in [4.69, 9.17) is 16.3 Å². The van der Waals surface area contributed by atoms with Gasteiger partial charge in [0.25, 0.3) is 5.91 Å². The van der Waals surface area contributed by atoms with Gasteiger partial charge in [-0.05, 0) is 17.5 Å². The molecule has 0 aliphatic carbocycles. The van der Waals surface area contributed by atoms with Crippen molar-refractivity contribution in [3.05, 3.63) is 64.5 Å². The highest BCUT2D eigenvalue weighted by Gasteiger charge is 2.31. The summed E-state index contributed by atoms with van der Waals surface area (Å²) < 4.78 is 8.00. The van der Waals surface area contributed by atoms with Gasteiger partial charge in [0.15, 0.2) is 10.1 Å². The summed E-state index contributed by atoms with van der Waals surface area (Å²) in [7, 11) is 0. The number of pyridine rings is 1. The normalized spacial score (nSPS) is 17.1. The number of para-hydroxylation sites is 1. The van der Waals surface area contributed by atoms with Gasteiger partial charge in [-0.2, -0.15) is 0 Å². The summed E-state index contributed by atoms with van der Waals surface area (Å²) >= 11 is 7.97. The summed E-state index contributed by atoms with van der Waals surface area (Å²) in [6.07, 6.45) is 3.27. The fourth-order valence-corrected chi connectivity index (χ4v) is 5.55. The number of fused-ring (bicyclic) bond motifs is 2. The van der Waals surface area contributed by atoms with Crippen LogP contribution in [0.15, 0.2) is 48.1 Å². The van der Waals surface area contributed by atoms with Gasteiger partial charge in [-0.25, -0.2) is 4.98 Å². The van der Waals surface area contributed by atoms with Crippen molar-refractivity contribution in [1.82, 2.24) is 24.2 Å². The molecule has 3 aromatic heterocycles. The molecule has 178 valence electrons. The maximum absolute atomic E-state index is 13.7. The van der Waals surface area contributed by atoms with Crippen molar-refractivity contribution in [1.29, 1.82) is 0 Å². The van der Waals surface area contributed by atoms with Gasteiger partial charge >= 0.3 is 0 Å². The van der Waals surface area contributed by atoms with Crippen LogP contribution in [-0.4, -0.2) is 62.4 Å². The molecule has 1 aliphatic heterocycles. The van der Waals surface area contributed by atoms with Crippen LogP contribution < -0.4 is 0 Å². The molecule has 9 heteroatoms. The Balaban J connectivity index is 1.33. The van der Waals surface area contributed by atoms with E-state index >= 15 is 0 Å². The fourth-order valence-electron chi connectivity index (χ4n) is 4.53. The number of hydrogen-bond donors (Lipinski definition) is 0. The Kier molecular flexibility index (Phi) is 6.83. The number of ether oxygens (including phenoxy) is 1. The Labute approximate surface area is 207 Å². The Morgan fingerprint density at radius 2 is 2.18 bits per heavy atom. The molecule has 34 heavy (non-hydrogen) atoms. The van der Waals surface area contributed by atoms with Gasteiger partial charge in [0.05, 0.1) is 17.8 Å². The predicted octanol–water partition coefficient (Wildman–Crippen LogP) is 4.48. The summed E-state index contributed by atoms with van der Waals surface area (Å²) in [4.78, 5) is 27.7. The summed E-state index contributed by atoms with van der Waals surface area (Å²) in [5.74, 6) is 0.357. The molecule has 0 N–H and O–H groups in total. The van der Waals surface area contributed by atoms with Gasteiger partial charge in [-0.15, -0.1) is 11.3 Å². The van der Waals surface area contributed by atoms with Crippen molar-refractivity contribution in [2.24, 2.45) is 5.92 Å². The minimum atomic E-state index is -0.514. The quantitative estimate of drug-likeness (QED) is 0.376. The third-order valence-corrected chi connectivity index (χ3v) is 7.15.